The Morgan fingerprint density at radius 2 is 1.52 bits per heavy atom. The fourth-order valence-electron chi connectivity index (χ4n) is 2.64. The molecule has 3 N–H and O–H groups in total. The van der Waals surface area contributed by atoms with E-state index < -0.39 is 11.5 Å². The van der Waals surface area contributed by atoms with Gasteiger partial charge in [-0.3, -0.25) is 4.79 Å². The van der Waals surface area contributed by atoms with E-state index in [9.17, 15) is 15.0 Å². The van der Waals surface area contributed by atoms with Gasteiger partial charge < -0.3 is 10.2 Å². The molecule has 6 heteroatoms. The number of aromatic hydroxyl groups is 1. The number of hydrazone groups is 1. The second kappa shape index (κ2) is 8.16. The highest BCUT2D eigenvalue weighted by atomic mass is 79.9. The van der Waals surface area contributed by atoms with Crippen molar-refractivity contribution < 1.29 is 15.0 Å². The molecule has 5 nitrogen and oxygen atoms in total. The van der Waals surface area contributed by atoms with Crippen LogP contribution in [0.3, 0.4) is 0 Å². The Balaban J connectivity index is 1.88. The number of amides is 1. The summed E-state index contributed by atoms with van der Waals surface area (Å²) >= 11 is 3.22. The van der Waals surface area contributed by atoms with Crippen LogP contribution < -0.4 is 5.43 Å². The first-order valence-corrected chi connectivity index (χ1v) is 8.96. The maximum atomic E-state index is 12.9. The van der Waals surface area contributed by atoms with E-state index in [-0.39, 0.29) is 5.75 Å². The third kappa shape index (κ3) is 4.07. The van der Waals surface area contributed by atoms with Crippen LogP contribution in [-0.4, -0.2) is 22.3 Å². The summed E-state index contributed by atoms with van der Waals surface area (Å²) in [5.74, 6) is -0.562. The van der Waals surface area contributed by atoms with Gasteiger partial charge in [-0.1, -0.05) is 60.7 Å². The van der Waals surface area contributed by atoms with Crippen molar-refractivity contribution in [1.82, 2.24) is 5.43 Å². The van der Waals surface area contributed by atoms with Crippen molar-refractivity contribution in [2.45, 2.75) is 5.60 Å². The minimum atomic E-state index is -1.88. The van der Waals surface area contributed by atoms with Crippen molar-refractivity contribution in [2.75, 3.05) is 0 Å². The van der Waals surface area contributed by atoms with E-state index in [0.717, 1.165) is 0 Å². The summed E-state index contributed by atoms with van der Waals surface area (Å²) in [6.07, 6.45) is 1.43. The molecule has 0 aliphatic rings. The summed E-state index contributed by atoms with van der Waals surface area (Å²) in [5.41, 5.74) is 2.08. The number of benzene rings is 3. The zero-order valence-corrected chi connectivity index (χ0v) is 15.8. The van der Waals surface area contributed by atoms with E-state index in [2.05, 4.69) is 26.5 Å². The van der Waals surface area contributed by atoms with Crippen molar-refractivity contribution >= 4 is 28.1 Å². The Morgan fingerprint density at radius 3 is 2.04 bits per heavy atom. The lowest BCUT2D eigenvalue weighted by molar-refractivity contribution is -0.136. The Labute approximate surface area is 165 Å². The minimum Gasteiger partial charge on any atom is -0.507 e. The smallest absolute Gasteiger partial charge is 0.281 e. The van der Waals surface area contributed by atoms with Crippen molar-refractivity contribution in [1.29, 1.82) is 0 Å². The van der Waals surface area contributed by atoms with Gasteiger partial charge in [0.05, 0.1) is 10.7 Å². The van der Waals surface area contributed by atoms with Gasteiger partial charge >= 0.3 is 0 Å². The number of aliphatic hydroxyl groups is 1. The molecule has 0 saturated heterocycles. The van der Waals surface area contributed by atoms with E-state index in [1.165, 1.54) is 12.3 Å². The average Bonchev–Trinajstić information content (AvgIpc) is 2.71. The van der Waals surface area contributed by atoms with Crippen molar-refractivity contribution in [3.8, 4) is 5.75 Å². The van der Waals surface area contributed by atoms with Crippen molar-refractivity contribution in [2.24, 2.45) is 5.10 Å². The molecule has 0 aliphatic heterocycles. The number of halogens is 1. The second-order valence-corrected chi connectivity index (χ2v) is 6.71. The molecule has 0 aliphatic carbocycles. The average molecular weight is 425 g/mol. The molecule has 0 spiro atoms. The molecule has 0 unspecified atom stereocenters. The molecule has 3 aromatic carbocycles. The molecule has 0 aromatic heterocycles. The molecule has 3 aromatic rings. The summed E-state index contributed by atoms with van der Waals surface area (Å²) in [6, 6.07) is 22.2. The fraction of sp³-hybridized carbons (Fsp3) is 0.0476. The predicted molar refractivity (Wildman–Crippen MR) is 107 cm³/mol. The molecule has 0 heterocycles. The van der Waals surface area contributed by atoms with E-state index >= 15 is 0 Å². The summed E-state index contributed by atoms with van der Waals surface area (Å²) in [7, 11) is 0. The SMILES string of the molecule is O=C(N/N=C/c1ccc(O)c(Br)c1)C(O)(c1ccccc1)c1ccccc1. The van der Waals surface area contributed by atoms with E-state index in [1.54, 1.807) is 60.7 Å². The molecule has 27 heavy (non-hydrogen) atoms. The molecule has 0 fully saturated rings. The van der Waals surface area contributed by atoms with E-state index in [0.29, 0.717) is 21.2 Å². The standard InChI is InChI=1S/C21H17BrN2O3/c22-18-13-15(11-12-19(18)25)14-23-24-20(26)21(27,16-7-3-1-4-8-16)17-9-5-2-6-10-17/h1-14,25,27H,(H,24,26)/b23-14+. The van der Waals surface area contributed by atoms with Gasteiger partial charge in [-0.2, -0.15) is 5.10 Å². The summed E-state index contributed by atoms with van der Waals surface area (Å²) < 4.78 is 0.517. The first-order valence-electron chi connectivity index (χ1n) is 8.17. The molecular formula is C21H17BrN2O3. The van der Waals surface area contributed by atoms with Crippen LogP contribution in [0.2, 0.25) is 0 Å². The van der Waals surface area contributed by atoms with Crippen LogP contribution in [0.15, 0.2) is 88.4 Å². The Morgan fingerprint density at radius 1 is 0.963 bits per heavy atom. The highest BCUT2D eigenvalue weighted by Crippen LogP contribution is 2.30. The van der Waals surface area contributed by atoms with Gasteiger partial charge in [-0.15, -0.1) is 0 Å². The van der Waals surface area contributed by atoms with Crippen LogP contribution in [0.1, 0.15) is 16.7 Å². The van der Waals surface area contributed by atoms with Gasteiger partial charge in [0.2, 0.25) is 0 Å². The zero-order chi connectivity index (χ0) is 19.3. The van der Waals surface area contributed by atoms with Crippen LogP contribution in [-0.2, 0) is 10.4 Å². The summed E-state index contributed by atoms with van der Waals surface area (Å²) in [5, 5.41) is 24.7. The third-order valence-corrected chi connectivity index (χ3v) is 4.70. The normalized spacial score (nSPS) is 11.5. The van der Waals surface area contributed by atoms with Gasteiger partial charge in [0.15, 0.2) is 5.60 Å². The van der Waals surface area contributed by atoms with Crippen LogP contribution in [0.5, 0.6) is 5.75 Å². The van der Waals surface area contributed by atoms with Crippen LogP contribution in [0.4, 0.5) is 0 Å². The molecule has 0 radical (unpaired) electrons. The number of rotatable bonds is 5. The minimum absolute atomic E-state index is 0.110. The van der Waals surface area contributed by atoms with Crippen molar-refractivity contribution in [3.05, 3.63) is 100 Å². The number of nitrogens with one attached hydrogen (secondary N) is 1. The maximum absolute atomic E-state index is 12.9. The number of carbonyl (C=O) groups excluding carboxylic acids is 1. The van der Waals surface area contributed by atoms with Gasteiger partial charge in [-0.25, -0.2) is 5.43 Å². The van der Waals surface area contributed by atoms with Crippen LogP contribution >= 0.6 is 15.9 Å². The lowest BCUT2D eigenvalue weighted by atomic mass is 9.85. The molecule has 1 amide bonds. The Hall–Kier alpha value is -2.96. The molecule has 0 bridgehead atoms. The lowest BCUT2D eigenvalue weighted by Gasteiger charge is -2.27. The highest BCUT2D eigenvalue weighted by Gasteiger charge is 2.39. The number of hydrogen-bond acceptors (Lipinski definition) is 4. The van der Waals surface area contributed by atoms with Gasteiger partial charge in [0.25, 0.3) is 5.91 Å². The number of phenols is 1. The highest BCUT2D eigenvalue weighted by molar-refractivity contribution is 9.10. The number of nitrogens with zero attached hydrogens (tertiary/aromatic N) is 1. The maximum Gasteiger partial charge on any atom is 0.281 e. The second-order valence-electron chi connectivity index (χ2n) is 5.85. The van der Waals surface area contributed by atoms with Crippen LogP contribution in [0.25, 0.3) is 0 Å². The fourth-order valence-corrected chi connectivity index (χ4v) is 3.03. The van der Waals surface area contributed by atoms with Gasteiger partial charge in [0, 0.05) is 0 Å². The summed E-state index contributed by atoms with van der Waals surface area (Å²) in [4.78, 5) is 12.9. The third-order valence-electron chi connectivity index (χ3n) is 4.06. The van der Waals surface area contributed by atoms with Crippen LogP contribution in [0, 0.1) is 0 Å². The van der Waals surface area contributed by atoms with E-state index in [1.807, 2.05) is 12.1 Å². The number of hydrogen-bond donors (Lipinski definition) is 3. The predicted octanol–water partition coefficient (Wildman–Crippen LogP) is 3.54. The molecule has 0 atom stereocenters. The lowest BCUT2D eigenvalue weighted by Crippen LogP contribution is -2.43. The molecular weight excluding hydrogens is 408 g/mol. The number of phenolic OH excluding ortho intramolecular Hbond substituents is 1. The Kier molecular flexibility index (Phi) is 5.69. The van der Waals surface area contributed by atoms with E-state index in [4.69, 9.17) is 0 Å². The summed E-state index contributed by atoms with van der Waals surface area (Å²) in [6.45, 7) is 0. The number of carbonyl (C=O) groups is 1. The first kappa shape index (κ1) is 18.8. The largest absolute Gasteiger partial charge is 0.507 e. The zero-order valence-electron chi connectivity index (χ0n) is 14.2. The van der Waals surface area contributed by atoms with Gasteiger partial charge in [0.1, 0.15) is 5.75 Å². The molecule has 3 rings (SSSR count). The van der Waals surface area contributed by atoms with Gasteiger partial charge in [-0.05, 0) is 50.8 Å². The Bertz CT molecular complexity index is 920. The molecule has 136 valence electrons. The molecule has 0 saturated carbocycles. The topological polar surface area (TPSA) is 81.9 Å². The monoisotopic (exact) mass is 424 g/mol. The van der Waals surface area contributed by atoms with Crippen molar-refractivity contribution in [3.63, 3.8) is 0 Å². The first-order chi connectivity index (χ1) is 13.0. The quantitative estimate of drug-likeness (QED) is 0.432.